The number of hydrogen-bond acceptors (Lipinski definition) is 5. The molecule has 8 heteroatoms. The summed E-state index contributed by atoms with van der Waals surface area (Å²) >= 11 is 0. The molecule has 0 atom stereocenters. The number of hydrogen-bond donors (Lipinski definition) is 3. The lowest BCUT2D eigenvalue weighted by atomic mass is 10.2. The van der Waals surface area contributed by atoms with Gasteiger partial charge in [0.15, 0.2) is 0 Å². The topological polar surface area (TPSA) is 117 Å². The third-order valence-electron chi connectivity index (χ3n) is 2.56. The lowest BCUT2D eigenvalue weighted by Gasteiger charge is -2.07. The Labute approximate surface area is 114 Å². The molecule has 7 nitrogen and oxygen atoms in total. The molecule has 2 aromatic rings. The quantitative estimate of drug-likeness (QED) is 0.762. The predicted molar refractivity (Wildman–Crippen MR) is 67.8 cm³/mol. The van der Waals surface area contributed by atoms with Crippen LogP contribution < -0.4 is 4.72 Å². The maximum Gasteiger partial charge on any atom is 0.339 e. The number of aromatic carboxylic acids is 1. The number of benzene rings is 1. The van der Waals surface area contributed by atoms with Crippen LogP contribution >= 0.6 is 0 Å². The maximum absolute atomic E-state index is 12.0. The average molecular weight is 297 g/mol. The van der Waals surface area contributed by atoms with Gasteiger partial charge in [-0.2, -0.15) is 0 Å². The highest BCUT2D eigenvalue weighted by Gasteiger charge is 2.18. The number of carboxylic acid groups (broad SMARTS) is 1. The number of rotatable bonds is 5. The molecular weight excluding hydrogens is 286 g/mol. The van der Waals surface area contributed by atoms with Crippen molar-refractivity contribution in [2.45, 2.75) is 11.4 Å². The van der Waals surface area contributed by atoms with E-state index in [1.165, 1.54) is 12.5 Å². The third kappa shape index (κ3) is 2.98. The molecule has 0 unspecified atom stereocenters. The Morgan fingerprint density at radius 2 is 2.05 bits per heavy atom. The van der Waals surface area contributed by atoms with E-state index in [9.17, 15) is 18.3 Å². The van der Waals surface area contributed by atoms with Crippen LogP contribution in [0.5, 0.6) is 5.75 Å². The first-order valence-electron chi connectivity index (χ1n) is 5.47. The summed E-state index contributed by atoms with van der Waals surface area (Å²) in [7, 11) is -3.88. The van der Waals surface area contributed by atoms with E-state index in [2.05, 4.69) is 4.72 Å². The molecule has 3 N–H and O–H groups in total. The highest BCUT2D eigenvalue weighted by molar-refractivity contribution is 7.89. The van der Waals surface area contributed by atoms with Gasteiger partial charge in [0.05, 0.1) is 17.4 Å². The summed E-state index contributed by atoms with van der Waals surface area (Å²) in [6, 6.07) is 4.65. The van der Waals surface area contributed by atoms with Gasteiger partial charge in [0.1, 0.15) is 11.3 Å². The van der Waals surface area contributed by atoms with Gasteiger partial charge in [-0.1, -0.05) is 0 Å². The summed E-state index contributed by atoms with van der Waals surface area (Å²) in [5.74, 6) is -1.90. The summed E-state index contributed by atoms with van der Waals surface area (Å²) < 4.78 is 31.1. The van der Waals surface area contributed by atoms with Gasteiger partial charge in [-0.15, -0.1) is 0 Å². The SMILES string of the molecule is O=C(O)c1cc(S(=O)(=O)NCc2ccoc2)ccc1O. The van der Waals surface area contributed by atoms with Gasteiger partial charge in [0.25, 0.3) is 0 Å². The Morgan fingerprint density at radius 1 is 1.30 bits per heavy atom. The van der Waals surface area contributed by atoms with Crippen molar-refractivity contribution in [1.29, 1.82) is 0 Å². The van der Waals surface area contributed by atoms with Gasteiger partial charge in [-0.05, 0) is 24.3 Å². The third-order valence-corrected chi connectivity index (χ3v) is 3.95. The Hall–Kier alpha value is -2.32. The fourth-order valence-corrected chi connectivity index (χ4v) is 2.55. The van der Waals surface area contributed by atoms with Crippen LogP contribution in [0.25, 0.3) is 0 Å². The van der Waals surface area contributed by atoms with Gasteiger partial charge in [-0.3, -0.25) is 0 Å². The molecule has 0 spiro atoms. The van der Waals surface area contributed by atoms with Crippen LogP contribution in [0.3, 0.4) is 0 Å². The Morgan fingerprint density at radius 3 is 2.65 bits per heavy atom. The lowest BCUT2D eigenvalue weighted by molar-refractivity contribution is 0.0693. The largest absolute Gasteiger partial charge is 0.507 e. The number of carbonyl (C=O) groups is 1. The van der Waals surface area contributed by atoms with E-state index >= 15 is 0 Å². The van der Waals surface area contributed by atoms with Crippen LogP contribution in [0.2, 0.25) is 0 Å². The first kappa shape index (κ1) is 14.1. The van der Waals surface area contributed by atoms with Crippen molar-refractivity contribution < 1.29 is 27.8 Å². The van der Waals surface area contributed by atoms with Gasteiger partial charge in [0, 0.05) is 12.1 Å². The summed E-state index contributed by atoms with van der Waals surface area (Å²) in [5, 5.41) is 18.2. The minimum atomic E-state index is -3.88. The molecule has 0 fully saturated rings. The normalized spacial score (nSPS) is 11.4. The number of aromatic hydroxyl groups is 1. The summed E-state index contributed by atoms with van der Waals surface area (Å²) in [5.41, 5.74) is 0.155. The number of nitrogens with one attached hydrogen (secondary N) is 1. The van der Waals surface area contributed by atoms with E-state index in [0.717, 1.165) is 18.2 Å². The number of carboxylic acids is 1. The zero-order valence-corrected chi connectivity index (χ0v) is 10.9. The van der Waals surface area contributed by atoms with E-state index in [4.69, 9.17) is 9.52 Å². The van der Waals surface area contributed by atoms with E-state index in [0.29, 0.717) is 5.56 Å². The standard InChI is InChI=1S/C12H11NO6S/c14-11-2-1-9(5-10(11)12(15)16)20(17,18)13-6-8-3-4-19-7-8/h1-5,7,13-14H,6H2,(H,15,16). The smallest absolute Gasteiger partial charge is 0.339 e. The second-order valence-electron chi connectivity index (χ2n) is 3.94. The Kier molecular flexibility index (Phi) is 3.77. The fourth-order valence-electron chi connectivity index (χ4n) is 1.51. The second-order valence-corrected chi connectivity index (χ2v) is 5.71. The molecule has 106 valence electrons. The van der Waals surface area contributed by atoms with Crippen molar-refractivity contribution in [3.8, 4) is 5.75 Å². The second kappa shape index (κ2) is 5.35. The molecule has 20 heavy (non-hydrogen) atoms. The Bertz CT molecular complexity index is 720. The number of phenols is 1. The van der Waals surface area contributed by atoms with Crippen molar-refractivity contribution in [3.63, 3.8) is 0 Å². The van der Waals surface area contributed by atoms with Crippen molar-refractivity contribution >= 4 is 16.0 Å². The number of sulfonamides is 1. The molecule has 0 saturated carbocycles. The van der Waals surface area contributed by atoms with Gasteiger partial charge in [-0.25, -0.2) is 17.9 Å². The summed E-state index contributed by atoms with van der Waals surface area (Å²) in [4.78, 5) is 10.6. The minimum Gasteiger partial charge on any atom is -0.507 e. The van der Waals surface area contributed by atoms with Gasteiger partial charge in [0.2, 0.25) is 10.0 Å². The van der Waals surface area contributed by atoms with E-state index in [1.54, 1.807) is 6.07 Å². The number of furan rings is 1. The zero-order valence-electron chi connectivity index (χ0n) is 10.1. The molecule has 0 radical (unpaired) electrons. The van der Waals surface area contributed by atoms with E-state index < -0.39 is 27.3 Å². The summed E-state index contributed by atoms with van der Waals surface area (Å²) in [6.45, 7) is 0.0160. The van der Waals surface area contributed by atoms with Crippen LogP contribution in [0, 0.1) is 0 Å². The molecule has 1 aromatic heterocycles. The predicted octanol–water partition coefficient (Wildman–Crippen LogP) is 1.16. The molecule has 0 aliphatic carbocycles. The highest BCUT2D eigenvalue weighted by Crippen LogP contribution is 2.21. The van der Waals surface area contributed by atoms with Crippen molar-refractivity contribution in [2.75, 3.05) is 0 Å². The minimum absolute atomic E-state index is 0.0160. The Balaban J connectivity index is 2.25. The molecule has 0 bridgehead atoms. The average Bonchev–Trinajstić information content (AvgIpc) is 2.89. The fraction of sp³-hybridized carbons (Fsp3) is 0.0833. The van der Waals surface area contributed by atoms with Crippen LogP contribution in [0.1, 0.15) is 15.9 Å². The molecule has 2 rings (SSSR count). The monoisotopic (exact) mass is 297 g/mol. The molecular formula is C12H11NO6S. The molecule has 0 saturated heterocycles. The van der Waals surface area contributed by atoms with Crippen LogP contribution in [0.4, 0.5) is 0 Å². The van der Waals surface area contributed by atoms with Crippen LogP contribution in [-0.2, 0) is 16.6 Å². The van der Waals surface area contributed by atoms with Crippen LogP contribution in [-0.4, -0.2) is 24.6 Å². The van der Waals surface area contributed by atoms with Crippen molar-refractivity contribution in [2.24, 2.45) is 0 Å². The van der Waals surface area contributed by atoms with E-state index in [1.807, 2.05) is 0 Å². The maximum atomic E-state index is 12.0. The van der Waals surface area contributed by atoms with Gasteiger partial charge < -0.3 is 14.6 Å². The highest BCUT2D eigenvalue weighted by atomic mass is 32.2. The van der Waals surface area contributed by atoms with Gasteiger partial charge >= 0.3 is 5.97 Å². The first-order valence-corrected chi connectivity index (χ1v) is 6.95. The zero-order chi connectivity index (χ0) is 14.8. The van der Waals surface area contributed by atoms with Crippen LogP contribution in [0.15, 0.2) is 46.1 Å². The van der Waals surface area contributed by atoms with Crippen molar-refractivity contribution in [3.05, 3.63) is 47.9 Å². The first-order chi connectivity index (χ1) is 9.40. The van der Waals surface area contributed by atoms with E-state index in [-0.39, 0.29) is 11.4 Å². The molecule has 0 aliphatic heterocycles. The molecule has 0 aliphatic rings. The molecule has 0 amide bonds. The molecule has 1 aromatic carbocycles. The molecule has 1 heterocycles. The van der Waals surface area contributed by atoms with Crippen molar-refractivity contribution in [1.82, 2.24) is 4.72 Å². The summed E-state index contributed by atoms with van der Waals surface area (Å²) in [6.07, 6.45) is 2.80. The lowest BCUT2D eigenvalue weighted by Crippen LogP contribution is -2.23.